The second-order valence-corrected chi connectivity index (χ2v) is 13.8. The monoisotopic (exact) mass is 585 g/mol. The van der Waals surface area contributed by atoms with Gasteiger partial charge in [-0.15, -0.1) is 0 Å². The summed E-state index contributed by atoms with van der Waals surface area (Å²) < 4.78 is 14.4. The van der Waals surface area contributed by atoms with Crippen LogP contribution in [0.4, 0.5) is 0 Å². The van der Waals surface area contributed by atoms with Crippen LogP contribution in [0.25, 0.3) is 11.1 Å². The van der Waals surface area contributed by atoms with Crippen LogP contribution >= 0.6 is 0 Å². The third-order valence-electron chi connectivity index (χ3n) is 11.2. The second-order valence-electron chi connectivity index (χ2n) is 13.8. The molecule has 1 saturated carbocycles. The Morgan fingerprint density at radius 2 is 1.91 bits per heavy atom. The zero-order chi connectivity index (χ0) is 29.5. The van der Waals surface area contributed by atoms with E-state index >= 15 is 0 Å². The predicted molar refractivity (Wildman–Crippen MR) is 169 cm³/mol. The minimum atomic E-state index is -0.477. The Morgan fingerprint density at radius 1 is 1.02 bits per heavy atom. The molecule has 2 bridgehead atoms. The molecule has 6 heteroatoms. The van der Waals surface area contributed by atoms with Crippen LogP contribution in [0.15, 0.2) is 73.1 Å². The van der Waals surface area contributed by atoms with Crippen molar-refractivity contribution in [2.45, 2.75) is 75.0 Å². The van der Waals surface area contributed by atoms with Crippen molar-refractivity contribution in [2.24, 2.45) is 5.92 Å². The highest BCUT2D eigenvalue weighted by Gasteiger charge is 2.73. The molecule has 1 N–H and O–H groups in total. The molecule has 4 aromatic rings. The first-order chi connectivity index (χ1) is 21.6. The molecule has 2 fully saturated rings. The lowest BCUT2D eigenvalue weighted by Gasteiger charge is -2.64. The lowest BCUT2D eigenvalue weighted by Crippen LogP contribution is -2.75. The lowest BCUT2D eigenvalue weighted by atomic mass is 9.48. The molecule has 0 amide bonds. The molecular formula is C38H39N3O3. The van der Waals surface area contributed by atoms with Gasteiger partial charge in [-0.1, -0.05) is 36.4 Å². The average Bonchev–Trinajstić information content (AvgIpc) is 3.79. The van der Waals surface area contributed by atoms with E-state index in [1.165, 1.54) is 35.1 Å². The normalized spacial score (nSPS) is 27.8. The van der Waals surface area contributed by atoms with Crippen molar-refractivity contribution >= 4 is 0 Å². The van der Waals surface area contributed by atoms with Gasteiger partial charge in [-0.2, -0.15) is 0 Å². The molecule has 224 valence electrons. The Morgan fingerprint density at radius 3 is 2.75 bits per heavy atom. The second kappa shape index (κ2) is 9.88. The van der Waals surface area contributed by atoms with Gasteiger partial charge in [-0.05, 0) is 104 Å². The molecule has 2 aliphatic heterocycles. The van der Waals surface area contributed by atoms with Crippen LogP contribution < -0.4 is 4.74 Å². The Kier molecular flexibility index (Phi) is 5.98. The van der Waals surface area contributed by atoms with Gasteiger partial charge in [0.1, 0.15) is 5.60 Å². The zero-order valence-corrected chi connectivity index (χ0v) is 25.3. The van der Waals surface area contributed by atoms with Gasteiger partial charge >= 0.3 is 0 Å². The quantitative estimate of drug-likeness (QED) is 0.238. The highest BCUT2D eigenvalue weighted by Crippen LogP contribution is 2.69. The molecule has 4 atom stereocenters. The number of aromatic nitrogens is 2. The summed E-state index contributed by atoms with van der Waals surface area (Å²) in [5, 5.41) is 11.2. The number of pyridine rings is 2. The highest BCUT2D eigenvalue weighted by molar-refractivity contribution is 5.67. The third kappa shape index (κ3) is 3.86. The van der Waals surface area contributed by atoms with Gasteiger partial charge in [0, 0.05) is 54.8 Å². The van der Waals surface area contributed by atoms with Crippen molar-refractivity contribution in [1.29, 1.82) is 0 Å². The van der Waals surface area contributed by atoms with Crippen LogP contribution in [0.2, 0.25) is 0 Å². The number of phenols is 1. The largest absolute Gasteiger partial charge is 0.504 e. The van der Waals surface area contributed by atoms with Crippen molar-refractivity contribution < 1.29 is 14.6 Å². The van der Waals surface area contributed by atoms with E-state index in [1.807, 2.05) is 25.4 Å². The standard InChI is InChI=1S/C38H39N3O3/c1-24-18-27(13-15-39-24)30-19-29-21-38(43-17-5-8-25-6-3-2-4-7-25)32-20-28-11-12-31(42)35-33(28)37(38,36(44-35)34(29)40-22-30)14-16-41(32)23-26-9-10-26/h2-4,6-7,11-13,15,18-19,22,26,32,36,42H,5,8-10,14,16-17,20-21,23H2,1H3/t32-,36+,37+,38-/m1/s1. The average molecular weight is 586 g/mol. The summed E-state index contributed by atoms with van der Waals surface area (Å²) >= 11 is 0. The summed E-state index contributed by atoms with van der Waals surface area (Å²) in [6.07, 6.45) is 10.8. The highest BCUT2D eigenvalue weighted by atomic mass is 16.5. The van der Waals surface area contributed by atoms with E-state index < -0.39 is 5.60 Å². The maximum atomic E-state index is 11.2. The smallest absolute Gasteiger partial charge is 0.166 e. The van der Waals surface area contributed by atoms with Gasteiger partial charge < -0.3 is 14.6 Å². The van der Waals surface area contributed by atoms with Crippen LogP contribution in [-0.4, -0.2) is 51.3 Å². The van der Waals surface area contributed by atoms with E-state index in [4.69, 9.17) is 14.5 Å². The minimum Gasteiger partial charge on any atom is -0.504 e. The Labute approximate surface area is 259 Å². The number of piperidine rings is 1. The van der Waals surface area contributed by atoms with Crippen LogP contribution in [0.5, 0.6) is 11.5 Å². The maximum Gasteiger partial charge on any atom is 0.166 e. The lowest BCUT2D eigenvalue weighted by molar-refractivity contribution is -0.205. The van der Waals surface area contributed by atoms with Gasteiger partial charge in [0.25, 0.3) is 0 Å². The summed E-state index contributed by atoms with van der Waals surface area (Å²) in [6, 6.07) is 21.5. The van der Waals surface area contributed by atoms with E-state index in [0.29, 0.717) is 12.4 Å². The number of rotatable bonds is 8. The first-order valence-corrected chi connectivity index (χ1v) is 16.4. The number of hydrogen-bond donors (Lipinski definition) is 1. The van der Waals surface area contributed by atoms with Gasteiger partial charge in [0.05, 0.1) is 11.1 Å². The first kappa shape index (κ1) is 26.6. The Bertz CT molecular complexity index is 1750. The minimum absolute atomic E-state index is 0.231. The molecule has 2 aromatic carbocycles. The van der Waals surface area contributed by atoms with Crippen molar-refractivity contribution in [3.8, 4) is 22.6 Å². The SMILES string of the molecule is Cc1cc(-c2cnc3c(c2)C[C@@]2(OCCCc4ccccc4)[C@H]4Cc5ccc(O)c6c5[C@@]2(CCN4CC2CC2)[C@H]3O6)ccn1. The van der Waals surface area contributed by atoms with Gasteiger partial charge in [0.2, 0.25) is 0 Å². The summed E-state index contributed by atoms with van der Waals surface area (Å²) in [4.78, 5) is 12.3. The van der Waals surface area contributed by atoms with E-state index in [0.717, 1.165) is 73.6 Å². The van der Waals surface area contributed by atoms with Crippen molar-refractivity contribution in [3.05, 3.63) is 107 Å². The molecule has 44 heavy (non-hydrogen) atoms. The fourth-order valence-corrected chi connectivity index (χ4v) is 9.14. The molecule has 0 radical (unpaired) electrons. The topological polar surface area (TPSA) is 67.7 Å². The van der Waals surface area contributed by atoms with Crippen molar-refractivity contribution in [2.75, 3.05) is 19.7 Å². The zero-order valence-electron chi connectivity index (χ0n) is 25.3. The maximum absolute atomic E-state index is 11.2. The van der Waals surface area contributed by atoms with Crippen LogP contribution in [0, 0.1) is 12.8 Å². The molecule has 9 rings (SSSR count). The summed E-state index contributed by atoms with van der Waals surface area (Å²) in [5.74, 6) is 1.68. The van der Waals surface area contributed by atoms with Crippen LogP contribution in [0.3, 0.4) is 0 Å². The van der Waals surface area contributed by atoms with Crippen molar-refractivity contribution in [3.63, 3.8) is 0 Å². The number of hydrogen-bond acceptors (Lipinski definition) is 6. The van der Waals surface area contributed by atoms with E-state index in [2.05, 4.69) is 64.5 Å². The molecule has 1 spiro atoms. The number of ether oxygens (including phenoxy) is 2. The number of aryl methyl sites for hydroxylation is 2. The fraction of sp³-hybridized carbons (Fsp3) is 0.421. The number of nitrogens with zero attached hydrogens (tertiary/aromatic N) is 3. The molecule has 1 saturated heterocycles. The molecule has 6 nitrogen and oxygen atoms in total. The summed E-state index contributed by atoms with van der Waals surface area (Å²) in [7, 11) is 0. The number of benzene rings is 2. The third-order valence-corrected chi connectivity index (χ3v) is 11.2. The van der Waals surface area contributed by atoms with Crippen molar-refractivity contribution in [1.82, 2.24) is 14.9 Å². The fourth-order valence-electron chi connectivity index (χ4n) is 9.14. The molecule has 3 aliphatic carbocycles. The van der Waals surface area contributed by atoms with Gasteiger partial charge in [0.15, 0.2) is 17.6 Å². The van der Waals surface area contributed by atoms with Crippen LogP contribution in [0.1, 0.15) is 65.4 Å². The van der Waals surface area contributed by atoms with Gasteiger partial charge in [-0.3, -0.25) is 14.9 Å². The van der Waals surface area contributed by atoms with E-state index in [9.17, 15) is 5.11 Å². The molecule has 2 aromatic heterocycles. The molecule has 0 unspecified atom stereocenters. The van der Waals surface area contributed by atoms with E-state index in [1.54, 1.807) is 0 Å². The molecule has 4 heterocycles. The van der Waals surface area contributed by atoms with Gasteiger partial charge in [-0.25, -0.2) is 0 Å². The molecular weight excluding hydrogens is 546 g/mol. The number of phenolic OH excluding ortho intramolecular Hbond substituents is 1. The Hall–Kier alpha value is -3.74. The number of fused-ring (bicyclic) bond motifs is 2. The first-order valence-electron chi connectivity index (χ1n) is 16.4. The summed E-state index contributed by atoms with van der Waals surface area (Å²) in [6.45, 7) is 4.88. The van der Waals surface area contributed by atoms with Crippen LogP contribution in [-0.2, 0) is 29.4 Å². The predicted octanol–water partition coefficient (Wildman–Crippen LogP) is 6.51. The summed E-state index contributed by atoms with van der Waals surface area (Å²) in [5.41, 5.74) is 8.40. The molecule has 5 aliphatic rings. The van der Waals surface area contributed by atoms with E-state index in [-0.39, 0.29) is 23.3 Å². The number of aromatic hydroxyl groups is 1. The Balaban J connectivity index is 1.19. The number of likely N-dealkylation sites (tertiary alicyclic amines) is 1.